The van der Waals surface area contributed by atoms with Gasteiger partial charge in [-0.1, -0.05) is 81.6 Å². The number of nitrogens with one attached hydrogen (secondary N) is 2. The number of hydrogen-bond acceptors (Lipinski definition) is 6. The molecule has 0 bridgehead atoms. The first-order valence-corrected chi connectivity index (χ1v) is 14.6. The van der Waals surface area contributed by atoms with Crippen LogP contribution in [0.15, 0.2) is 69.9 Å². The van der Waals surface area contributed by atoms with Crippen molar-refractivity contribution in [3.8, 4) is 0 Å². The number of hydrogen-bond donors (Lipinski definition) is 2. The van der Waals surface area contributed by atoms with Crippen molar-refractivity contribution in [3.63, 3.8) is 0 Å². The van der Waals surface area contributed by atoms with Gasteiger partial charge in [-0.25, -0.2) is 4.79 Å². The fourth-order valence-electron chi connectivity index (χ4n) is 6.12. The van der Waals surface area contributed by atoms with Crippen LogP contribution in [0.4, 0.5) is 0 Å². The summed E-state index contributed by atoms with van der Waals surface area (Å²) in [6.07, 6.45) is 5.15. The van der Waals surface area contributed by atoms with Crippen LogP contribution < -0.4 is 16.4 Å². The SMILES string of the molecule is CC(C)[C@@H]1CC1(NC(=O)C1(NC(=O)c2ccccc2)CCCCC1)C(=O)Cn1nc(CCc2ccccc2)oc1=O. The number of ketones is 1. The summed E-state index contributed by atoms with van der Waals surface area (Å²) in [5.74, 6) is -1.30. The maximum Gasteiger partial charge on any atom is 0.437 e. The van der Waals surface area contributed by atoms with Crippen molar-refractivity contribution in [3.05, 3.63) is 88.2 Å². The van der Waals surface area contributed by atoms with E-state index < -0.39 is 16.8 Å². The molecule has 9 nitrogen and oxygen atoms in total. The van der Waals surface area contributed by atoms with Crippen molar-refractivity contribution in [2.45, 2.75) is 82.8 Å². The van der Waals surface area contributed by atoms with Crippen LogP contribution in [0.5, 0.6) is 0 Å². The van der Waals surface area contributed by atoms with Crippen molar-refractivity contribution in [2.24, 2.45) is 11.8 Å². The highest BCUT2D eigenvalue weighted by Crippen LogP contribution is 2.50. The Kier molecular flexibility index (Phi) is 8.24. The Morgan fingerprint density at radius 3 is 2.24 bits per heavy atom. The monoisotopic (exact) mass is 558 g/mol. The first-order chi connectivity index (χ1) is 19.7. The van der Waals surface area contributed by atoms with E-state index in [1.807, 2.05) is 50.2 Å². The van der Waals surface area contributed by atoms with E-state index in [2.05, 4.69) is 15.7 Å². The molecule has 2 aliphatic carbocycles. The van der Waals surface area contributed by atoms with E-state index >= 15 is 0 Å². The van der Waals surface area contributed by atoms with Crippen LogP contribution in [0.2, 0.25) is 0 Å². The number of aryl methyl sites for hydroxylation is 2. The molecule has 2 fully saturated rings. The molecule has 2 N–H and O–H groups in total. The highest BCUT2D eigenvalue weighted by Gasteiger charge is 2.62. The van der Waals surface area contributed by atoms with Crippen molar-refractivity contribution >= 4 is 17.6 Å². The molecule has 9 heteroatoms. The first kappa shape index (κ1) is 28.5. The maximum atomic E-state index is 14.0. The van der Waals surface area contributed by atoms with Gasteiger partial charge >= 0.3 is 5.76 Å². The van der Waals surface area contributed by atoms with Gasteiger partial charge in [0, 0.05) is 12.0 Å². The fraction of sp³-hybridized carbons (Fsp3) is 0.469. The third-order valence-electron chi connectivity index (χ3n) is 8.60. The third kappa shape index (κ3) is 6.19. The van der Waals surface area contributed by atoms with Gasteiger partial charge in [-0.05, 0) is 55.2 Å². The van der Waals surface area contributed by atoms with Gasteiger partial charge in [0.2, 0.25) is 11.8 Å². The van der Waals surface area contributed by atoms with E-state index in [-0.39, 0.29) is 41.9 Å². The lowest BCUT2D eigenvalue weighted by molar-refractivity contribution is -0.134. The van der Waals surface area contributed by atoms with E-state index in [0.717, 1.165) is 29.5 Å². The van der Waals surface area contributed by atoms with E-state index in [1.54, 1.807) is 24.3 Å². The molecule has 41 heavy (non-hydrogen) atoms. The van der Waals surface area contributed by atoms with Crippen LogP contribution in [0.3, 0.4) is 0 Å². The molecule has 0 radical (unpaired) electrons. The summed E-state index contributed by atoms with van der Waals surface area (Å²) in [6.45, 7) is 3.74. The Morgan fingerprint density at radius 2 is 1.61 bits per heavy atom. The van der Waals surface area contributed by atoms with Crippen molar-refractivity contribution in [1.29, 1.82) is 0 Å². The molecule has 2 atom stereocenters. The van der Waals surface area contributed by atoms with Crippen LogP contribution in [0.1, 0.15) is 74.2 Å². The van der Waals surface area contributed by atoms with Crippen LogP contribution in [0.25, 0.3) is 0 Å². The van der Waals surface area contributed by atoms with Crippen LogP contribution >= 0.6 is 0 Å². The summed E-state index contributed by atoms with van der Waals surface area (Å²) in [4.78, 5) is 53.4. The number of benzene rings is 2. The fourth-order valence-corrected chi connectivity index (χ4v) is 6.12. The quantitative estimate of drug-likeness (QED) is 0.369. The predicted molar refractivity (Wildman–Crippen MR) is 153 cm³/mol. The van der Waals surface area contributed by atoms with Crippen molar-refractivity contribution in [1.82, 2.24) is 20.4 Å². The summed E-state index contributed by atoms with van der Waals surface area (Å²) < 4.78 is 6.39. The molecule has 0 spiro atoms. The van der Waals surface area contributed by atoms with E-state index in [4.69, 9.17) is 4.42 Å². The normalized spacial score (nSPS) is 21.3. The molecule has 0 aliphatic heterocycles. The highest BCUT2D eigenvalue weighted by atomic mass is 16.4. The average molecular weight is 559 g/mol. The summed E-state index contributed by atoms with van der Waals surface area (Å²) in [5, 5.41) is 10.4. The topological polar surface area (TPSA) is 123 Å². The molecular weight excluding hydrogens is 520 g/mol. The Hall–Kier alpha value is -4.01. The molecule has 2 amide bonds. The van der Waals surface area contributed by atoms with Crippen molar-refractivity contribution < 1.29 is 18.8 Å². The molecule has 2 aliphatic rings. The van der Waals surface area contributed by atoms with E-state index in [0.29, 0.717) is 37.7 Å². The summed E-state index contributed by atoms with van der Waals surface area (Å²) in [6, 6.07) is 18.7. The number of nitrogens with zero attached hydrogens (tertiary/aromatic N) is 2. The molecule has 0 saturated heterocycles. The number of carbonyl (C=O) groups is 3. The number of aromatic nitrogens is 2. The minimum Gasteiger partial charge on any atom is -0.392 e. The molecular formula is C32H38N4O5. The van der Waals surface area contributed by atoms with Crippen LogP contribution in [-0.4, -0.2) is 38.5 Å². The summed E-state index contributed by atoms with van der Waals surface area (Å²) >= 11 is 0. The Bertz CT molecular complexity index is 1440. The lowest BCUT2D eigenvalue weighted by atomic mass is 9.80. The van der Waals surface area contributed by atoms with Crippen LogP contribution in [-0.2, 0) is 29.0 Å². The van der Waals surface area contributed by atoms with Gasteiger partial charge in [-0.2, -0.15) is 4.68 Å². The van der Waals surface area contributed by atoms with Gasteiger partial charge in [0.05, 0.1) is 0 Å². The van der Waals surface area contributed by atoms with Gasteiger partial charge < -0.3 is 15.1 Å². The van der Waals surface area contributed by atoms with Crippen LogP contribution in [0, 0.1) is 11.8 Å². The molecule has 2 saturated carbocycles. The second-order valence-corrected chi connectivity index (χ2v) is 11.8. The lowest BCUT2D eigenvalue weighted by Gasteiger charge is -2.38. The molecule has 5 rings (SSSR count). The maximum absolute atomic E-state index is 14.0. The van der Waals surface area contributed by atoms with E-state index in [1.165, 1.54) is 0 Å². The first-order valence-electron chi connectivity index (χ1n) is 14.6. The van der Waals surface area contributed by atoms with Gasteiger partial charge in [0.25, 0.3) is 5.91 Å². The number of carbonyl (C=O) groups excluding carboxylic acids is 3. The Labute approximate surface area is 239 Å². The zero-order chi connectivity index (χ0) is 29.0. The third-order valence-corrected chi connectivity index (χ3v) is 8.60. The van der Waals surface area contributed by atoms with Gasteiger partial charge in [0.15, 0.2) is 5.78 Å². The largest absolute Gasteiger partial charge is 0.437 e. The molecule has 1 heterocycles. The highest BCUT2D eigenvalue weighted by molar-refractivity contribution is 6.02. The second-order valence-electron chi connectivity index (χ2n) is 11.8. The minimum absolute atomic E-state index is 0.0791. The van der Waals surface area contributed by atoms with Gasteiger partial charge in [-0.3, -0.25) is 14.4 Å². The van der Waals surface area contributed by atoms with E-state index in [9.17, 15) is 19.2 Å². The van der Waals surface area contributed by atoms with Gasteiger partial charge in [0.1, 0.15) is 17.6 Å². The molecule has 3 aromatic rings. The minimum atomic E-state index is -1.12. The lowest BCUT2D eigenvalue weighted by Crippen LogP contribution is -2.63. The molecule has 1 aromatic heterocycles. The number of rotatable bonds is 11. The van der Waals surface area contributed by atoms with Crippen molar-refractivity contribution in [2.75, 3.05) is 0 Å². The summed E-state index contributed by atoms with van der Waals surface area (Å²) in [5.41, 5.74) is -0.639. The Morgan fingerprint density at radius 1 is 0.951 bits per heavy atom. The Balaban J connectivity index is 1.32. The second kappa shape index (κ2) is 11.8. The predicted octanol–water partition coefficient (Wildman–Crippen LogP) is 3.85. The zero-order valence-corrected chi connectivity index (χ0v) is 23.7. The average Bonchev–Trinajstić information content (AvgIpc) is 3.62. The zero-order valence-electron chi connectivity index (χ0n) is 23.7. The standard InChI is InChI=1S/C32H38N4O5/c1-22(2)25-20-32(25,26(37)21-36-30(40)41-27(35-36)17-16-23-12-6-3-7-13-23)34-29(39)31(18-10-5-11-19-31)33-28(38)24-14-8-4-9-15-24/h3-4,6-9,12-15,22,25H,5,10-11,16-21H2,1-2H3,(H,33,38)(H,34,39)/t25-,32?/m0/s1. The summed E-state index contributed by atoms with van der Waals surface area (Å²) in [7, 11) is 0. The molecule has 2 aromatic carbocycles. The number of amides is 2. The molecule has 216 valence electrons. The van der Waals surface area contributed by atoms with Gasteiger partial charge in [-0.15, -0.1) is 5.10 Å². The number of Topliss-reactive ketones (excluding diaryl/α,β-unsaturated/α-hetero) is 1. The molecule has 1 unspecified atom stereocenters. The smallest absolute Gasteiger partial charge is 0.392 e.